The third-order valence-corrected chi connectivity index (χ3v) is 5.63. The number of rotatable bonds is 7. The minimum Gasteiger partial charge on any atom is -0.339 e. The maximum absolute atomic E-state index is 12.9. The molecule has 0 aliphatic carbocycles. The molecule has 0 aliphatic rings. The third-order valence-electron chi connectivity index (χ3n) is 4.44. The molecule has 0 unspecified atom stereocenters. The molecule has 2 rings (SSSR count). The molecule has 8 heteroatoms. The van der Waals surface area contributed by atoms with Crippen molar-refractivity contribution in [3.8, 4) is 0 Å². The van der Waals surface area contributed by atoms with Gasteiger partial charge in [0.2, 0.25) is 10.0 Å². The van der Waals surface area contributed by atoms with Crippen LogP contribution in [0.4, 0.5) is 11.4 Å². The first-order valence-electron chi connectivity index (χ1n) is 8.93. The van der Waals surface area contributed by atoms with Crippen LogP contribution >= 0.6 is 0 Å². The molecule has 0 radical (unpaired) electrons. The van der Waals surface area contributed by atoms with E-state index in [1.54, 1.807) is 53.4 Å². The van der Waals surface area contributed by atoms with E-state index in [2.05, 4.69) is 5.32 Å². The number of anilines is 2. The van der Waals surface area contributed by atoms with Crippen LogP contribution in [-0.2, 0) is 10.0 Å². The van der Waals surface area contributed by atoms with Gasteiger partial charge in [-0.25, -0.2) is 8.42 Å². The summed E-state index contributed by atoms with van der Waals surface area (Å²) in [4.78, 5) is 27.3. The Morgan fingerprint density at radius 2 is 1.46 bits per heavy atom. The summed E-state index contributed by atoms with van der Waals surface area (Å²) in [6.45, 7) is 4.89. The van der Waals surface area contributed by atoms with Crippen LogP contribution in [0.25, 0.3) is 0 Å². The predicted molar refractivity (Wildman–Crippen MR) is 111 cm³/mol. The van der Waals surface area contributed by atoms with Crippen molar-refractivity contribution in [2.45, 2.75) is 13.8 Å². The Labute approximate surface area is 166 Å². The second-order valence-electron chi connectivity index (χ2n) is 6.22. The highest BCUT2D eigenvalue weighted by molar-refractivity contribution is 7.92. The Morgan fingerprint density at radius 3 is 2.04 bits per heavy atom. The summed E-state index contributed by atoms with van der Waals surface area (Å²) in [5.74, 6) is -0.673. The lowest BCUT2D eigenvalue weighted by Crippen LogP contribution is -2.31. The van der Waals surface area contributed by atoms with Gasteiger partial charge < -0.3 is 10.2 Å². The minimum absolute atomic E-state index is 0.178. The quantitative estimate of drug-likeness (QED) is 0.770. The molecule has 2 amide bonds. The molecule has 2 aromatic carbocycles. The van der Waals surface area contributed by atoms with Crippen LogP contribution in [-0.4, -0.2) is 51.5 Å². The lowest BCUT2D eigenvalue weighted by molar-refractivity contribution is 0.0774. The Balaban J connectivity index is 2.39. The topological polar surface area (TPSA) is 86.8 Å². The third kappa shape index (κ3) is 4.69. The molecule has 0 heterocycles. The first-order valence-corrected chi connectivity index (χ1v) is 10.8. The molecular formula is C20H25N3O4S. The van der Waals surface area contributed by atoms with Gasteiger partial charge in [0.15, 0.2) is 0 Å². The second kappa shape index (κ2) is 8.88. The van der Waals surface area contributed by atoms with Crippen molar-refractivity contribution in [1.29, 1.82) is 0 Å². The number of amides is 2. The Hall–Kier alpha value is -2.87. The summed E-state index contributed by atoms with van der Waals surface area (Å²) >= 11 is 0. The highest BCUT2D eigenvalue weighted by Crippen LogP contribution is 2.24. The zero-order valence-corrected chi connectivity index (χ0v) is 17.3. The zero-order chi connectivity index (χ0) is 20.9. The molecule has 0 fully saturated rings. The van der Waals surface area contributed by atoms with E-state index in [1.165, 1.54) is 7.05 Å². The van der Waals surface area contributed by atoms with Crippen LogP contribution in [0.3, 0.4) is 0 Å². The first kappa shape index (κ1) is 21.4. The SMILES string of the molecule is CCN(CC)C(=O)c1ccccc1NC(=O)c1ccccc1N(C)S(C)(=O)=O. The molecule has 2 aromatic rings. The van der Waals surface area contributed by atoms with Gasteiger partial charge in [-0.3, -0.25) is 13.9 Å². The predicted octanol–water partition coefficient (Wildman–Crippen LogP) is 2.82. The Kier molecular flexibility index (Phi) is 6.80. The van der Waals surface area contributed by atoms with Crippen molar-refractivity contribution in [2.24, 2.45) is 0 Å². The lowest BCUT2D eigenvalue weighted by atomic mass is 10.1. The largest absolute Gasteiger partial charge is 0.339 e. The van der Waals surface area contributed by atoms with Gasteiger partial charge in [-0.2, -0.15) is 0 Å². The van der Waals surface area contributed by atoms with Crippen LogP contribution < -0.4 is 9.62 Å². The van der Waals surface area contributed by atoms with Crippen molar-refractivity contribution in [1.82, 2.24) is 4.90 Å². The van der Waals surface area contributed by atoms with Crippen molar-refractivity contribution >= 4 is 33.2 Å². The van der Waals surface area contributed by atoms with Crippen LogP contribution in [0.5, 0.6) is 0 Å². The number of benzene rings is 2. The van der Waals surface area contributed by atoms with Crippen LogP contribution in [0.1, 0.15) is 34.6 Å². The molecule has 0 aromatic heterocycles. The summed E-state index contributed by atoms with van der Waals surface area (Å²) in [6, 6.07) is 13.2. The molecule has 0 spiro atoms. The fourth-order valence-electron chi connectivity index (χ4n) is 2.77. The van der Waals surface area contributed by atoms with E-state index in [4.69, 9.17) is 0 Å². The number of hydrogen-bond donors (Lipinski definition) is 1. The van der Waals surface area contributed by atoms with Gasteiger partial charge in [0.25, 0.3) is 11.8 Å². The minimum atomic E-state index is -3.53. The molecule has 28 heavy (non-hydrogen) atoms. The number of hydrogen-bond acceptors (Lipinski definition) is 4. The number of nitrogens with one attached hydrogen (secondary N) is 1. The summed E-state index contributed by atoms with van der Waals surface area (Å²) in [5.41, 5.74) is 1.21. The van der Waals surface area contributed by atoms with E-state index >= 15 is 0 Å². The highest BCUT2D eigenvalue weighted by atomic mass is 32.2. The number of nitrogens with zero attached hydrogens (tertiary/aromatic N) is 2. The normalized spacial score (nSPS) is 11.0. The number of carbonyl (C=O) groups is 2. The van der Waals surface area contributed by atoms with E-state index < -0.39 is 15.9 Å². The average molecular weight is 404 g/mol. The monoisotopic (exact) mass is 403 g/mol. The summed E-state index contributed by atoms with van der Waals surface area (Å²) in [7, 11) is -2.14. The average Bonchev–Trinajstić information content (AvgIpc) is 2.68. The molecule has 0 atom stereocenters. The first-order chi connectivity index (χ1) is 13.2. The van der Waals surface area contributed by atoms with Crippen molar-refractivity contribution in [2.75, 3.05) is 36.0 Å². The van der Waals surface area contributed by atoms with Crippen LogP contribution in [0, 0.1) is 0 Å². The summed E-state index contributed by atoms with van der Waals surface area (Å²) in [6.07, 6.45) is 1.07. The van der Waals surface area contributed by atoms with E-state index in [-0.39, 0.29) is 17.2 Å². The molecular weight excluding hydrogens is 378 g/mol. The fraction of sp³-hybridized carbons (Fsp3) is 0.300. The molecule has 0 saturated carbocycles. The maximum atomic E-state index is 12.9. The van der Waals surface area contributed by atoms with E-state index in [9.17, 15) is 18.0 Å². The van der Waals surface area contributed by atoms with Gasteiger partial charge in [0.1, 0.15) is 0 Å². The maximum Gasteiger partial charge on any atom is 0.257 e. The molecule has 0 saturated heterocycles. The number of sulfonamides is 1. The number of carbonyl (C=O) groups excluding carboxylic acids is 2. The van der Waals surface area contributed by atoms with Gasteiger partial charge in [0, 0.05) is 20.1 Å². The van der Waals surface area contributed by atoms with Crippen LogP contribution in [0.15, 0.2) is 48.5 Å². The summed E-state index contributed by atoms with van der Waals surface area (Å²) < 4.78 is 24.8. The van der Waals surface area contributed by atoms with Gasteiger partial charge in [-0.1, -0.05) is 24.3 Å². The number of para-hydroxylation sites is 2. The second-order valence-corrected chi connectivity index (χ2v) is 8.24. The molecule has 7 nitrogen and oxygen atoms in total. The van der Waals surface area contributed by atoms with Crippen LogP contribution in [0.2, 0.25) is 0 Å². The van der Waals surface area contributed by atoms with Gasteiger partial charge >= 0.3 is 0 Å². The van der Waals surface area contributed by atoms with E-state index in [0.29, 0.717) is 24.3 Å². The Bertz CT molecular complexity index is 969. The lowest BCUT2D eigenvalue weighted by Gasteiger charge is -2.22. The van der Waals surface area contributed by atoms with Gasteiger partial charge in [-0.15, -0.1) is 0 Å². The molecule has 0 aliphatic heterocycles. The van der Waals surface area contributed by atoms with Crippen molar-refractivity contribution in [3.05, 3.63) is 59.7 Å². The zero-order valence-electron chi connectivity index (χ0n) is 16.5. The fourth-order valence-corrected chi connectivity index (χ4v) is 3.28. The van der Waals surface area contributed by atoms with E-state index in [0.717, 1.165) is 10.6 Å². The van der Waals surface area contributed by atoms with Crippen molar-refractivity contribution in [3.63, 3.8) is 0 Å². The highest BCUT2D eigenvalue weighted by Gasteiger charge is 2.22. The van der Waals surface area contributed by atoms with Crippen molar-refractivity contribution < 1.29 is 18.0 Å². The van der Waals surface area contributed by atoms with Gasteiger partial charge in [0.05, 0.1) is 28.8 Å². The van der Waals surface area contributed by atoms with Gasteiger partial charge in [-0.05, 0) is 38.1 Å². The summed E-state index contributed by atoms with van der Waals surface area (Å²) in [5, 5.41) is 2.75. The molecule has 150 valence electrons. The van der Waals surface area contributed by atoms with E-state index in [1.807, 2.05) is 13.8 Å². The molecule has 1 N–H and O–H groups in total. The standard InChI is InChI=1S/C20H25N3O4S/c1-5-23(6-2)20(25)15-11-7-9-13-17(15)21-19(24)16-12-8-10-14-18(16)22(3)28(4,26)27/h7-14H,5-6H2,1-4H3,(H,21,24). The Morgan fingerprint density at radius 1 is 0.929 bits per heavy atom. The molecule has 0 bridgehead atoms. The smallest absolute Gasteiger partial charge is 0.257 e.